The van der Waals surface area contributed by atoms with Gasteiger partial charge in [0, 0.05) is 26.1 Å². The lowest BCUT2D eigenvalue weighted by molar-refractivity contribution is -0.0600. The number of benzene rings is 2. The van der Waals surface area contributed by atoms with Crippen molar-refractivity contribution in [3.05, 3.63) is 71.5 Å². The Morgan fingerprint density at radius 3 is 2.67 bits per heavy atom. The number of ether oxygens (including phenoxy) is 1. The largest absolute Gasteiger partial charge is 0.390 e. The molecule has 0 spiro atoms. The molecule has 1 aliphatic rings. The summed E-state index contributed by atoms with van der Waals surface area (Å²) in [5.41, 5.74) is 2.50. The van der Waals surface area contributed by atoms with Crippen LogP contribution >= 0.6 is 0 Å². The van der Waals surface area contributed by atoms with Gasteiger partial charge in [0.25, 0.3) is 0 Å². The summed E-state index contributed by atoms with van der Waals surface area (Å²) in [6.07, 6.45) is -0.0867. The second-order valence-corrected chi connectivity index (χ2v) is 8.74. The van der Waals surface area contributed by atoms with E-state index < -0.39 is 6.10 Å². The Hall–Kier alpha value is -2.28. The van der Waals surface area contributed by atoms with Crippen molar-refractivity contribution in [1.29, 1.82) is 0 Å². The lowest BCUT2D eigenvalue weighted by atomic mass is 10.0. The normalized spacial score (nSPS) is 17.7. The highest BCUT2D eigenvalue weighted by Gasteiger charge is 2.26. The van der Waals surface area contributed by atoms with Crippen LogP contribution in [0.5, 0.6) is 0 Å². The molecule has 0 bridgehead atoms. The average molecular weight is 415 g/mol. The van der Waals surface area contributed by atoms with Crippen molar-refractivity contribution >= 4 is 5.71 Å². The highest BCUT2D eigenvalue weighted by molar-refractivity contribution is 6.01. The SMILES string of the molecule is CC(C)(C)OC[C@H](O)CN(Cc1cccc(F)c1)C[C@@H]1CC(c2ccccc2)=NO1. The molecule has 2 atom stereocenters. The van der Waals surface area contributed by atoms with Crippen LogP contribution in [-0.2, 0) is 16.1 Å². The summed E-state index contributed by atoms with van der Waals surface area (Å²) < 4.78 is 19.4. The van der Waals surface area contributed by atoms with Crippen LogP contribution in [0, 0.1) is 5.82 Å². The van der Waals surface area contributed by atoms with Gasteiger partial charge in [-0.1, -0.05) is 47.6 Å². The lowest BCUT2D eigenvalue weighted by Crippen LogP contribution is -2.40. The average Bonchev–Trinajstić information content (AvgIpc) is 3.15. The minimum atomic E-state index is -0.659. The number of rotatable bonds is 9. The van der Waals surface area contributed by atoms with E-state index in [1.165, 1.54) is 12.1 Å². The van der Waals surface area contributed by atoms with Crippen LogP contribution in [0.15, 0.2) is 59.8 Å². The van der Waals surface area contributed by atoms with Crippen LogP contribution in [0.25, 0.3) is 0 Å². The molecule has 1 aliphatic heterocycles. The molecule has 5 nitrogen and oxygen atoms in total. The van der Waals surface area contributed by atoms with Crippen LogP contribution in [0.4, 0.5) is 4.39 Å². The molecule has 0 amide bonds. The summed E-state index contributed by atoms with van der Waals surface area (Å²) in [5, 5.41) is 14.8. The van der Waals surface area contributed by atoms with Crippen molar-refractivity contribution in [1.82, 2.24) is 4.90 Å². The van der Waals surface area contributed by atoms with Crippen LogP contribution < -0.4 is 0 Å². The zero-order chi connectivity index (χ0) is 21.6. The van der Waals surface area contributed by atoms with Crippen molar-refractivity contribution < 1.29 is 19.1 Å². The Labute approximate surface area is 178 Å². The number of aliphatic hydroxyl groups excluding tert-OH is 1. The van der Waals surface area contributed by atoms with Crippen molar-refractivity contribution in [2.45, 2.75) is 51.5 Å². The zero-order valence-electron chi connectivity index (χ0n) is 17.9. The smallest absolute Gasteiger partial charge is 0.145 e. The number of aliphatic hydroxyl groups is 1. The number of nitrogens with zero attached hydrogens (tertiary/aromatic N) is 2. The van der Waals surface area contributed by atoms with E-state index in [4.69, 9.17) is 9.57 Å². The standard InChI is InChI=1S/C24H31FN2O3/c1-24(2,3)29-17-21(28)15-27(14-18-8-7-11-20(25)12-18)16-22-13-23(26-30-22)19-9-5-4-6-10-19/h4-12,21-22,28H,13-17H2,1-3H3/t21-,22+/m1/s1. The molecule has 0 saturated heterocycles. The van der Waals surface area contributed by atoms with Gasteiger partial charge in [0.05, 0.1) is 24.0 Å². The fourth-order valence-corrected chi connectivity index (χ4v) is 3.41. The third kappa shape index (κ3) is 7.20. The summed E-state index contributed by atoms with van der Waals surface area (Å²) in [4.78, 5) is 7.74. The van der Waals surface area contributed by atoms with E-state index >= 15 is 0 Å². The maximum Gasteiger partial charge on any atom is 0.145 e. The van der Waals surface area contributed by atoms with Crippen LogP contribution in [-0.4, -0.2) is 53.2 Å². The van der Waals surface area contributed by atoms with Crippen LogP contribution in [0.3, 0.4) is 0 Å². The fourth-order valence-electron chi connectivity index (χ4n) is 3.41. The second kappa shape index (κ2) is 10.2. The summed E-state index contributed by atoms with van der Waals surface area (Å²) in [7, 11) is 0. The highest BCUT2D eigenvalue weighted by Crippen LogP contribution is 2.19. The Kier molecular flexibility index (Phi) is 7.58. The van der Waals surface area contributed by atoms with Gasteiger partial charge in [0.15, 0.2) is 0 Å². The molecule has 0 saturated carbocycles. The van der Waals surface area contributed by atoms with Gasteiger partial charge in [-0.2, -0.15) is 0 Å². The van der Waals surface area contributed by atoms with E-state index in [9.17, 15) is 9.50 Å². The summed E-state index contributed by atoms with van der Waals surface area (Å²) in [5.74, 6) is -0.268. The third-order valence-electron chi connectivity index (χ3n) is 4.77. The Balaban J connectivity index is 1.62. The van der Waals surface area contributed by atoms with Crippen LogP contribution in [0.2, 0.25) is 0 Å². The maximum atomic E-state index is 13.6. The van der Waals surface area contributed by atoms with Crippen molar-refractivity contribution in [2.24, 2.45) is 5.16 Å². The van der Waals surface area contributed by atoms with Gasteiger partial charge in [-0.05, 0) is 44.0 Å². The van der Waals surface area contributed by atoms with E-state index in [0.29, 0.717) is 26.1 Å². The van der Waals surface area contributed by atoms with Crippen LogP contribution in [0.1, 0.15) is 38.3 Å². The monoisotopic (exact) mass is 414 g/mol. The molecule has 1 heterocycles. The number of hydrogen-bond acceptors (Lipinski definition) is 5. The molecular weight excluding hydrogens is 383 g/mol. The molecule has 0 unspecified atom stereocenters. The van der Waals surface area contributed by atoms with Gasteiger partial charge in [0.2, 0.25) is 0 Å². The maximum absolute atomic E-state index is 13.6. The number of hydrogen-bond donors (Lipinski definition) is 1. The van der Waals surface area contributed by atoms with E-state index in [-0.39, 0.29) is 24.1 Å². The van der Waals surface area contributed by atoms with Crippen molar-refractivity contribution in [3.63, 3.8) is 0 Å². The minimum absolute atomic E-state index is 0.121. The molecule has 30 heavy (non-hydrogen) atoms. The third-order valence-corrected chi connectivity index (χ3v) is 4.77. The molecule has 2 aromatic rings. The molecule has 3 rings (SSSR count). The molecule has 0 radical (unpaired) electrons. The Morgan fingerprint density at radius 1 is 1.20 bits per heavy atom. The van der Waals surface area contributed by atoms with Gasteiger partial charge in [-0.3, -0.25) is 4.90 Å². The van der Waals surface area contributed by atoms with E-state index in [0.717, 1.165) is 16.8 Å². The van der Waals surface area contributed by atoms with E-state index in [1.807, 2.05) is 57.2 Å². The first kappa shape index (κ1) is 22.4. The first-order chi connectivity index (χ1) is 14.3. The zero-order valence-corrected chi connectivity index (χ0v) is 17.9. The Bertz CT molecular complexity index is 836. The quantitative estimate of drug-likeness (QED) is 0.674. The molecule has 2 aromatic carbocycles. The predicted octanol–water partition coefficient (Wildman–Crippen LogP) is 4.00. The lowest BCUT2D eigenvalue weighted by Gasteiger charge is -2.28. The van der Waals surface area contributed by atoms with E-state index in [1.54, 1.807) is 6.07 Å². The predicted molar refractivity (Wildman–Crippen MR) is 116 cm³/mol. The summed E-state index contributed by atoms with van der Waals surface area (Å²) in [6.45, 7) is 7.58. The molecule has 6 heteroatoms. The fraction of sp³-hybridized carbons (Fsp3) is 0.458. The summed E-state index contributed by atoms with van der Waals surface area (Å²) in [6, 6.07) is 16.5. The first-order valence-corrected chi connectivity index (χ1v) is 10.4. The minimum Gasteiger partial charge on any atom is -0.390 e. The summed E-state index contributed by atoms with van der Waals surface area (Å²) >= 11 is 0. The van der Waals surface area contributed by atoms with Gasteiger partial charge in [-0.15, -0.1) is 0 Å². The highest BCUT2D eigenvalue weighted by atomic mass is 19.1. The van der Waals surface area contributed by atoms with Gasteiger partial charge < -0.3 is 14.7 Å². The molecule has 162 valence electrons. The van der Waals surface area contributed by atoms with Crippen molar-refractivity contribution in [2.75, 3.05) is 19.7 Å². The number of oxime groups is 1. The molecule has 0 aromatic heterocycles. The molecule has 0 fully saturated rings. The van der Waals surface area contributed by atoms with Gasteiger partial charge in [0.1, 0.15) is 11.9 Å². The molecule has 1 N–H and O–H groups in total. The first-order valence-electron chi connectivity index (χ1n) is 10.4. The molecular formula is C24H31FN2O3. The number of halogens is 1. The van der Waals surface area contributed by atoms with Crippen molar-refractivity contribution in [3.8, 4) is 0 Å². The van der Waals surface area contributed by atoms with E-state index in [2.05, 4.69) is 10.1 Å². The van der Waals surface area contributed by atoms with Gasteiger partial charge in [-0.25, -0.2) is 4.39 Å². The van der Waals surface area contributed by atoms with Gasteiger partial charge >= 0.3 is 0 Å². The second-order valence-electron chi connectivity index (χ2n) is 8.74. The topological polar surface area (TPSA) is 54.3 Å². The molecule has 0 aliphatic carbocycles. The Morgan fingerprint density at radius 2 is 1.97 bits per heavy atom.